The monoisotopic (exact) mass is 196 g/mol. The van der Waals surface area contributed by atoms with Crippen molar-refractivity contribution in [2.75, 3.05) is 0 Å². The Labute approximate surface area is 88.3 Å². The second-order valence-corrected chi connectivity index (χ2v) is 5.29. The van der Waals surface area contributed by atoms with Crippen LogP contribution in [0.5, 0.6) is 0 Å². The van der Waals surface area contributed by atoms with Gasteiger partial charge in [0.1, 0.15) is 5.78 Å². The quantitative estimate of drug-likeness (QED) is 0.590. The summed E-state index contributed by atoms with van der Waals surface area (Å²) in [4.78, 5) is 10.7. The molecule has 0 N–H and O–H groups in total. The Bertz CT molecular complexity index is 178. The van der Waals surface area contributed by atoms with Crippen LogP contribution >= 0.6 is 0 Å². The summed E-state index contributed by atoms with van der Waals surface area (Å²) >= 11 is 0. The fraction of sp³-hybridized carbons (Fsp3) is 0.923. The van der Waals surface area contributed by atoms with Crippen LogP contribution in [0.1, 0.15) is 59.3 Å². The molecule has 1 fully saturated rings. The Hall–Kier alpha value is -0.330. The molecule has 0 radical (unpaired) electrons. The standard InChI is InChI=1S/C13H24O/c1-10(2)13-8-12(9-13)7-5-4-6-11(3)14/h10,12-13H,4-9H2,1-3H3. The zero-order valence-electron chi connectivity index (χ0n) is 9.88. The summed E-state index contributed by atoms with van der Waals surface area (Å²) in [5.41, 5.74) is 0. The summed E-state index contributed by atoms with van der Waals surface area (Å²) in [6.45, 7) is 6.35. The molecule has 1 rings (SSSR count). The van der Waals surface area contributed by atoms with E-state index in [1.54, 1.807) is 6.92 Å². The Balaban J connectivity index is 1.93. The van der Waals surface area contributed by atoms with Gasteiger partial charge in [0.2, 0.25) is 0 Å². The number of ketones is 1. The van der Waals surface area contributed by atoms with E-state index in [1.807, 2.05) is 0 Å². The minimum Gasteiger partial charge on any atom is -0.300 e. The molecule has 0 aromatic rings. The predicted octanol–water partition coefficient (Wildman–Crippen LogP) is 3.82. The van der Waals surface area contributed by atoms with Crippen molar-refractivity contribution < 1.29 is 4.79 Å². The van der Waals surface area contributed by atoms with Crippen molar-refractivity contribution >= 4 is 5.78 Å². The molecule has 1 aliphatic carbocycles. The largest absolute Gasteiger partial charge is 0.300 e. The molecular weight excluding hydrogens is 172 g/mol. The summed E-state index contributed by atoms with van der Waals surface area (Å²) in [6, 6.07) is 0. The van der Waals surface area contributed by atoms with Crippen molar-refractivity contribution in [3.8, 4) is 0 Å². The highest BCUT2D eigenvalue weighted by atomic mass is 16.1. The van der Waals surface area contributed by atoms with E-state index in [0.717, 1.165) is 30.6 Å². The van der Waals surface area contributed by atoms with Crippen molar-refractivity contribution in [1.29, 1.82) is 0 Å². The van der Waals surface area contributed by atoms with Gasteiger partial charge in [0, 0.05) is 6.42 Å². The summed E-state index contributed by atoms with van der Waals surface area (Å²) in [5, 5.41) is 0. The SMILES string of the molecule is CC(=O)CCCCC1CC(C(C)C)C1. The van der Waals surface area contributed by atoms with Crippen molar-refractivity contribution in [3.05, 3.63) is 0 Å². The molecule has 0 bridgehead atoms. The molecule has 0 spiro atoms. The number of hydrogen-bond donors (Lipinski definition) is 0. The highest BCUT2D eigenvalue weighted by Crippen LogP contribution is 2.41. The van der Waals surface area contributed by atoms with Crippen molar-refractivity contribution in [3.63, 3.8) is 0 Å². The number of rotatable bonds is 6. The molecule has 0 unspecified atom stereocenters. The minimum absolute atomic E-state index is 0.346. The molecule has 0 aromatic heterocycles. The lowest BCUT2D eigenvalue weighted by Gasteiger charge is -2.38. The second-order valence-electron chi connectivity index (χ2n) is 5.29. The molecule has 0 heterocycles. The molecule has 1 aliphatic rings. The normalized spacial score (nSPS) is 26.3. The molecule has 1 saturated carbocycles. The van der Waals surface area contributed by atoms with Crippen molar-refractivity contribution in [2.24, 2.45) is 17.8 Å². The number of unbranched alkanes of at least 4 members (excludes halogenated alkanes) is 1. The van der Waals surface area contributed by atoms with E-state index in [9.17, 15) is 4.79 Å². The Kier molecular flexibility index (Phi) is 4.64. The van der Waals surface area contributed by atoms with Gasteiger partial charge in [-0.2, -0.15) is 0 Å². The molecular formula is C13H24O. The molecule has 1 nitrogen and oxygen atoms in total. The summed E-state index contributed by atoms with van der Waals surface area (Å²) in [7, 11) is 0. The van der Waals surface area contributed by atoms with Gasteiger partial charge in [-0.3, -0.25) is 0 Å². The Morgan fingerprint density at radius 2 is 1.93 bits per heavy atom. The first-order valence-corrected chi connectivity index (χ1v) is 6.09. The van der Waals surface area contributed by atoms with Crippen LogP contribution in [0, 0.1) is 17.8 Å². The minimum atomic E-state index is 0.346. The van der Waals surface area contributed by atoms with E-state index in [2.05, 4.69) is 13.8 Å². The number of Topliss-reactive ketones (excluding diaryl/α,β-unsaturated/α-hetero) is 1. The average Bonchev–Trinajstić information content (AvgIpc) is 1.98. The van der Waals surface area contributed by atoms with Gasteiger partial charge in [0.25, 0.3) is 0 Å². The van der Waals surface area contributed by atoms with E-state index in [4.69, 9.17) is 0 Å². The smallest absolute Gasteiger partial charge is 0.129 e. The maximum Gasteiger partial charge on any atom is 0.129 e. The lowest BCUT2D eigenvalue weighted by atomic mass is 9.68. The molecule has 0 aromatic carbocycles. The van der Waals surface area contributed by atoms with Crippen LogP contribution < -0.4 is 0 Å². The van der Waals surface area contributed by atoms with Gasteiger partial charge in [0.15, 0.2) is 0 Å². The second kappa shape index (κ2) is 5.53. The third-order valence-electron chi connectivity index (χ3n) is 3.61. The number of hydrogen-bond acceptors (Lipinski definition) is 1. The molecule has 82 valence electrons. The molecule has 0 atom stereocenters. The fourth-order valence-corrected chi connectivity index (χ4v) is 2.37. The Morgan fingerprint density at radius 3 is 2.43 bits per heavy atom. The van der Waals surface area contributed by atoms with E-state index < -0.39 is 0 Å². The highest BCUT2D eigenvalue weighted by Gasteiger charge is 2.30. The van der Waals surface area contributed by atoms with E-state index in [1.165, 1.54) is 25.7 Å². The van der Waals surface area contributed by atoms with E-state index >= 15 is 0 Å². The third-order valence-corrected chi connectivity index (χ3v) is 3.61. The van der Waals surface area contributed by atoms with Crippen LogP contribution in [0.3, 0.4) is 0 Å². The highest BCUT2D eigenvalue weighted by molar-refractivity contribution is 5.75. The zero-order valence-corrected chi connectivity index (χ0v) is 9.88. The van der Waals surface area contributed by atoms with Crippen LogP contribution in [0.15, 0.2) is 0 Å². The maximum atomic E-state index is 10.7. The third kappa shape index (κ3) is 3.81. The van der Waals surface area contributed by atoms with Gasteiger partial charge < -0.3 is 4.79 Å². The van der Waals surface area contributed by atoms with Gasteiger partial charge in [-0.1, -0.05) is 26.7 Å². The van der Waals surface area contributed by atoms with Crippen molar-refractivity contribution in [1.82, 2.24) is 0 Å². The van der Waals surface area contributed by atoms with Crippen LogP contribution in [-0.2, 0) is 4.79 Å². The Morgan fingerprint density at radius 1 is 1.29 bits per heavy atom. The molecule has 0 amide bonds. The van der Waals surface area contributed by atoms with Gasteiger partial charge in [-0.05, 0) is 43.9 Å². The molecule has 14 heavy (non-hydrogen) atoms. The van der Waals surface area contributed by atoms with Gasteiger partial charge in [-0.25, -0.2) is 0 Å². The van der Waals surface area contributed by atoms with E-state index in [-0.39, 0.29) is 0 Å². The van der Waals surface area contributed by atoms with Gasteiger partial charge >= 0.3 is 0 Å². The number of carbonyl (C=O) groups excluding carboxylic acids is 1. The lowest BCUT2D eigenvalue weighted by molar-refractivity contribution is -0.117. The predicted molar refractivity (Wildman–Crippen MR) is 60.2 cm³/mol. The van der Waals surface area contributed by atoms with Gasteiger partial charge in [0.05, 0.1) is 0 Å². The first-order valence-electron chi connectivity index (χ1n) is 6.09. The van der Waals surface area contributed by atoms with Crippen LogP contribution in [0.4, 0.5) is 0 Å². The first kappa shape index (κ1) is 11.7. The van der Waals surface area contributed by atoms with Crippen molar-refractivity contribution in [2.45, 2.75) is 59.3 Å². The summed E-state index contributed by atoms with van der Waals surface area (Å²) in [6.07, 6.45) is 7.40. The van der Waals surface area contributed by atoms with E-state index in [0.29, 0.717) is 5.78 Å². The lowest BCUT2D eigenvalue weighted by Crippen LogP contribution is -2.27. The fourth-order valence-electron chi connectivity index (χ4n) is 2.37. The van der Waals surface area contributed by atoms with Gasteiger partial charge in [-0.15, -0.1) is 0 Å². The van der Waals surface area contributed by atoms with Crippen LogP contribution in [-0.4, -0.2) is 5.78 Å². The molecule has 0 aliphatic heterocycles. The maximum absolute atomic E-state index is 10.7. The topological polar surface area (TPSA) is 17.1 Å². The average molecular weight is 196 g/mol. The molecule has 1 heteroatoms. The number of carbonyl (C=O) groups is 1. The van der Waals surface area contributed by atoms with Crippen LogP contribution in [0.2, 0.25) is 0 Å². The molecule has 0 saturated heterocycles. The first-order chi connectivity index (χ1) is 6.59. The van der Waals surface area contributed by atoms with Crippen LogP contribution in [0.25, 0.3) is 0 Å². The summed E-state index contributed by atoms with van der Waals surface area (Å²) < 4.78 is 0. The zero-order chi connectivity index (χ0) is 10.6. The summed E-state index contributed by atoms with van der Waals surface area (Å²) in [5.74, 6) is 3.20.